The first-order valence-electron chi connectivity index (χ1n) is 6.94. The van der Waals surface area contributed by atoms with Crippen LogP contribution in [-0.2, 0) is 9.53 Å². The molecule has 2 N–H and O–H groups in total. The number of methoxy groups -OCH3 is 1. The van der Waals surface area contributed by atoms with Crippen LogP contribution in [0, 0.1) is 0 Å². The van der Waals surface area contributed by atoms with Crippen LogP contribution in [0.4, 0.5) is 0 Å². The van der Waals surface area contributed by atoms with Crippen LogP contribution in [0.3, 0.4) is 0 Å². The number of nitrogens with one attached hydrogen (secondary N) is 2. The molecule has 1 atom stereocenters. The highest BCUT2D eigenvalue weighted by Gasteiger charge is 2.37. The number of carbonyl (C=O) groups is 1. The van der Waals surface area contributed by atoms with E-state index in [2.05, 4.69) is 15.5 Å². The number of carbonyl (C=O) groups excluding carboxylic acids is 1. The summed E-state index contributed by atoms with van der Waals surface area (Å²) in [5.74, 6) is 0.125. The van der Waals surface area contributed by atoms with Crippen LogP contribution in [-0.4, -0.2) is 62.3 Å². The lowest BCUT2D eigenvalue weighted by Gasteiger charge is -2.41. The van der Waals surface area contributed by atoms with Crippen LogP contribution in [0.1, 0.15) is 26.2 Å². The van der Waals surface area contributed by atoms with E-state index in [4.69, 9.17) is 4.74 Å². The highest BCUT2D eigenvalue weighted by molar-refractivity contribution is 5.81. The van der Waals surface area contributed by atoms with Crippen molar-refractivity contribution in [2.75, 3.05) is 39.8 Å². The Morgan fingerprint density at radius 2 is 2.11 bits per heavy atom. The molecule has 2 fully saturated rings. The van der Waals surface area contributed by atoms with Crippen LogP contribution in [0.15, 0.2) is 0 Å². The third kappa shape index (κ3) is 3.02. The summed E-state index contributed by atoms with van der Waals surface area (Å²) in [5, 5.41) is 6.35. The van der Waals surface area contributed by atoms with E-state index in [1.165, 1.54) is 6.42 Å². The third-order valence-electron chi connectivity index (χ3n) is 4.36. The van der Waals surface area contributed by atoms with Crippen molar-refractivity contribution in [1.82, 2.24) is 15.5 Å². The highest BCUT2D eigenvalue weighted by atomic mass is 16.5. The van der Waals surface area contributed by atoms with Crippen molar-refractivity contribution in [3.05, 3.63) is 0 Å². The molecule has 1 aliphatic carbocycles. The van der Waals surface area contributed by atoms with Gasteiger partial charge in [0.1, 0.15) is 0 Å². The zero-order valence-corrected chi connectivity index (χ0v) is 11.5. The molecule has 2 rings (SSSR count). The first-order valence-corrected chi connectivity index (χ1v) is 6.94. The smallest absolute Gasteiger partial charge is 0.237 e. The zero-order valence-electron chi connectivity index (χ0n) is 11.5. The molecule has 0 radical (unpaired) electrons. The maximum atomic E-state index is 12.1. The molecule has 5 heteroatoms. The number of nitrogens with zero attached hydrogens (tertiary/aromatic N) is 1. The van der Waals surface area contributed by atoms with Crippen LogP contribution >= 0.6 is 0 Å². The second kappa shape index (κ2) is 5.99. The van der Waals surface area contributed by atoms with Crippen molar-refractivity contribution in [3.63, 3.8) is 0 Å². The van der Waals surface area contributed by atoms with Gasteiger partial charge in [-0.25, -0.2) is 0 Å². The SMILES string of the molecule is COC1(CNC(=O)C(C)N2CCNCC2)CCC1. The third-order valence-corrected chi connectivity index (χ3v) is 4.36. The van der Waals surface area contributed by atoms with E-state index in [9.17, 15) is 4.79 Å². The summed E-state index contributed by atoms with van der Waals surface area (Å²) in [5.41, 5.74) is -0.0845. The summed E-state index contributed by atoms with van der Waals surface area (Å²) in [6, 6.07) is -0.0407. The molecule has 1 saturated heterocycles. The Hall–Kier alpha value is -0.650. The zero-order chi connectivity index (χ0) is 13.0. The predicted molar refractivity (Wildman–Crippen MR) is 70.5 cm³/mol. The molecule has 0 aromatic rings. The number of hydrogen-bond acceptors (Lipinski definition) is 4. The fourth-order valence-electron chi connectivity index (χ4n) is 2.66. The van der Waals surface area contributed by atoms with E-state index in [1.807, 2.05) is 6.92 Å². The molecular weight excluding hydrogens is 230 g/mol. The molecule has 1 aliphatic heterocycles. The van der Waals surface area contributed by atoms with Gasteiger partial charge in [-0.2, -0.15) is 0 Å². The number of ether oxygens (including phenoxy) is 1. The molecule has 18 heavy (non-hydrogen) atoms. The Kier molecular flexibility index (Phi) is 4.59. The lowest BCUT2D eigenvalue weighted by molar-refractivity contribution is -0.129. The molecule has 1 unspecified atom stereocenters. The molecule has 1 saturated carbocycles. The van der Waals surface area contributed by atoms with Gasteiger partial charge in [-0.3, -0.25) is 9.69 Å². The summed E-state index contributed by atoms with van der Waals surface area (Å²) in [6.07, 6.45) is 3.33. The van der Waals surface area contributed by atoms with E-state index in [0.717, 1.165) is 39.0 Å². The van der Waals surface area contributed by atoms with Gasteiger partial charge in [0, 0.05) is 39.8 Å². The Bertz CT molecular complexity index is 280. The van der Waals surface area contributed by atoms with Crippen molar-refractivity contribution in [2.24, 2.45) is 0 Å². The molecular formula is C13H25N3O2. The average molecular weight is 255 g/mol. The van der Waals surface area contributed by atoms with Gasteiger partial charge in [-0.1, -0.05) is 0 Å². The molecule has 104 valence electrons. The van der Waals surface area contributed by atoms with Crippen molar-refractivity contribution in [3.8, 4) is 0 Å². The Morgan fingerprint density at radius 3 is 2.61 bits per heavy atom. The Balaban J connectivity index is 1.76. The van der Waals surface area contributed by atoms with Crippen molar-refractivity contribution >= 4 is 5.91 Å². The summed E-state index contributed by atoms with van der Waals surface area (Å²) >= 11 is 0. The van der Waals surface area contributed by atoms with E-state index in [0.29, 0.717) is 6.54 Å². The summed E-state index contributed by atoms with van der Waals surface area (Å²) in [7, 11) is 1.74. The van der Waals surface area contributed by atoms with Crippen molar-refractivity contribution in [1.29, 1.82) is 0 Å². The van der Waals surface area contributed by atoms with Gasteiger partial charge in [-0.15, -0.1) is 0 Å². The first-order chi connectivity index (χ1) is 8.67. The second-order valence-corrected chi connectivity index (χ2v) is 5.42. The van der Waals surface area contributed by atoms with Gasteiger partial charge in [-0.05, 0) is 26.2 Å². The van der Waals surface area contributed by atoms with Gasteiger partial charge >= 0.3 is 0 Å². The van der Waals surface area contributed by atoms with Crippen molar-refractivity contribution in [2.45, 2.75) is 37.8 Å². The number of rotatable bonds is 5. The number of hydrogen-bond donors (Lipinski definition) is 2. The fourth-order valence-corrected chi connectivity index (χ4v) is 2.66. The Labute approximate surface area is 109 Å². The summed E-state index contributed by atoms with van der Waals surface area (Å²) in [4.78, 5) is 14.3. The van der Waals surface area contributed by atoms with Gasteiger partial charge < -0.3 is 15.4 Å². The van der Waals surface area contributed by atoms with Crippen molar-refractivity contribution < 1.29 is 9.53 Å². The maximum Gasteiger partial charge on any atom is 0.237 e. The van der Waals surface area contributed by atoms with Crippen LogP contribution < -0.4 is 10.6 Å². The molecule has 1 amide bonds. The average Bonchev–Trinajstić information content (AvgIpc) is 2.38. The standard InChI is InChI=1S/C13H25N3O2/c1-11(16-8-6-14-7-9-16)12(17)15-10-13(18-2)4-3-5-13/h11,14H,3-10H2,1-2H3,(H,15,17). The monoisotopic (exact) mass is 255 g/mol. The quantitative estimate of drug-likeness (QED) is 0.724. The van der Waals surface area contributed by atoms with E-state index in [1.54, 1.807) is 7.11 Å². The minimum absolute atomic E-state index is 0.0407. The van der Waals surface area contributed by atoms with E-state index < -0.39 is 0 Å². The lowest BCUT2D eigenvalue weighted by atomic mass is 9.80. The summed E-state index contributed by atoms with van der Waals surface area (Å²) < 4.78 is 5.51. The van der Waals surface area contributed by atoms with E-state index in [-0.39, 0.29) is 17.6 Å². The second-order valence-electron chi connectivity index (χ2n) is 5.42. The normalized spacial score (nSPS) is 25.2. The minimum Gasteiger partial charge on any atom is -0.376 e. The van der Waals surface area contributed by atoms with Gasteiger partial charge in [0.05, 0.1) is 11.6 Å². The molecule has 1 heterocycles. The minimum atomic E-state index is -0.0845. The Morgan fingerprint density at radius 1 is 1.44 bits per heavy atom. The van der Waals surface area contributed by atoms with Crippen LogP contribution in [0.2, 0.25) is 0 Å². The molecule has 5 nitrogen and oxygen atoms in total. The number of amides is 1. The van der Waals surface area contributed by atoms with Gasteiger partial charge in [0.25, 0.3) is 0 Å². The van der Waals surface area contributed by atoms with Gasteiger partial charge in [0.2, 0.25) is 5.91 Å². The van der Waals surface area contributed by atoms with Gasteiger partial charge in [0.15, 0.2) is 0 Å². The summed E-state index contributed by atoms with van der Waals surface area (Å²) in [6.45, 7) is 6.48. The van der Waals surface area contributed by atoms with E-state index >= 15 is 0 Å². The number of piperazine rings is 1. The topological polar surface area (TPSA) is 53.6 Å². The fraction of sp³-hybridized carbons (Fsp3) is 0.923. The van der Waals surface area contributed by atoms with Crippen LogP contribution in [0.5, 0.6) is 0 Å². The maximum absolute atomic E-state index is 12.1. The molecule has 2 aliphatic rings. The predicted octanol–water partition coefficient (Wildman–Crippen LogP) is -0.0346. The molecule has 0 aromatic carbocycles. The molecule has 0 bridgehead atoms. The largest absolute Gasteiger partial charge is 0.376 e. The highest BCUT2D eigenvalue weighted by Crippen LogP contribution is 2.34. The van der Waals surface area contributed by atoms with Crippen LogP contribution in [0.25, 0.3) is 0 Å². The lowest BCUT2D eigenvalue weighted by Crippen LogP contribution is -2.56. The molecule has 0 spiro atoms. The first kappa shape index (κ1) is 13.8. The molecule has 0 aromatic heterocycles.